The third kappa shape index (κ3) is 3.19. The van der Waals surface area contributed by atoms with E-state index in [0.29, 0.717) is 22.1 Å². The molecule has 0 bridgehead atoms. The number of carbonyl (C=O) groups excluding carboxylic acids is 2. The highest BCUT2D eigenvalue weighted by Crippen LogP contribution is 2.33. The summed E-state index contributed by atoms with van der Waals surface area (Å²) in [6, 6.07) is 11.4. The van der Waals surface area contributed by atoms with E-state index in [1.54, 1.807) is 43.3 Å². The highest BCUT2D eigenvalue weighted by Gasteiger charge is 2.13. The van der Waals surface area contributed by atoms with Crippen LogP contribution in [0.15, 0.2) is 67.3 Å². The quantitative estimate of drug-likeness (QED) is 0.296. The van der Waals surface area contributed by atoms with Crippen molar-refractivity contribution in [3.8, 4) is 11.5 Å². The zero-order valence-electron chi connectivity index (χ0n) is 14.0. The first-order valence-corrected chi connectivity index (χ1v) is 7.77. The van der Waals surface area contributed by atoms with Gasteiger partial charge in [0, 0.05) is 17.0 Å². The van der Waals surface area contributed by atoms with Gasteiger partial charge < -0.3 is 9.47 Å². The summed E-state index contributed by atoms with van der Waals surface area (Å²) in [5.41, 5.74) is 0.298. The van der Waals surface area contributed by atoms with E-state index in [1.807, 2.05) is 0 Å². The van der Waals surface area contributed by atoms with E-state index in [9.17, 15) is 14.0 Å². The fourth-order valence-electron chi connectivity index (χ4n) is 2.55. The zero-order chi connectivity index (χ0) is 18.8. The highest BCUT2D eigenvalue weighted by atomic mass is 19.1. The molecule has 4 nitrogen and oxygen atoms in total. The molecule has 0 unspecified atom stereocenters. The summed E-state index contributed by atoms with van der Waals surface area (Å²) in [4.78, 5) is 22.9. The predicted molar refractivity (Wildman–Crippen MR) is 97.7 cm³/mol. The summed E-state index contributed by atoms with van der Waals surface area (Å²) in [5, 5.41) is 2.52. The van der Waals surface area contributed by atoms with Crippen LogP contribution in [0.2, 0.25) is 0 Å². The second-order valence-electron chi connectivity index (χ2n) is 5.72. The molecule has 0 N–H and O–H groups in total. The lowest BCUT2D eigenvalue weighted by Crippen LogP contribution is -2.07. The Bertz CT molecular complexity index is 1080. The number of halogens is 1. The van der Waals surface area contributed by atoms with Crippen molar-refractivity contribution in [1.82, 2.24) is 0 Å². The van der Waals surface area contributed by atoms with Gasteiger partial charge in [-0.2, -0.15) is 0 Å². The fourth-order valence-corrected chi connectivity index (χ4v) is 2.55. The molecular weight excluding hydrogens is 335 g/mol. The Labute approximate surface area is 149 Å². The van der Waals surface area contributed by atoms with Gasteiger partial charge in [0.05, 0.1) is 0 Å². The summed E-state index contributed by atoms with van der Waals surface area (Å²) in [7, 11) is 0. The number of rotatable bonds is 4. The van der Waals surface area contributed by atoms with E-state index in [2.05, 4.69) is 13.2 Å². The van der Waals surface area contributed by atoms with Crippen LogP contribution in [0.1, 0.15) is 6.92 Å². The Hall–Kier alpha value is -3.47. The van der Waals surface area contributed by atoms with E-state index in [4.69, 9.17) is 9.47 Å². The van der Waals surface area contributed by atoms with Crippen LogP contribution >= 0.6 is 0 Å². The minimum absolute atomic E-state index is 0.159. The van der Waals surface area contributed by atoms with Crippen LogP contribution in [0.5, 0.6) is 11.5 Å². The molecule has 0 atom stereocenters. The van der Waals surface area contributed by atoms with Crippen LogP contribution in [0, 0.1) is 5.82 Å². The predicted octanol–water partition coefficient (Wildman–Crippen LogP) is 4.71. The van der Waals surface area contributed by atoms with Gasteiger partial charge in [-0.05, 0) is 47.3 Å². The smallest absolute Gasteiger partial charge is 0.338 e. The van der Waals surface area contributed by atoms with Gasteiger partial charge in [0.15, 0.2) is 11.6 Å². The Kier molecular flexibility index (Phi) is 4.54. The van der Waals surface area contributed by atoms with Gasteiger partial charge in [-0.25, -0.2) is 14.0 Å². The molecule has 0 fully saturated rings. The average Bonchev–Trinajstić information content (AvgIpc) is 2.63. The minimum atomic E-state index is -0.729. The maximum Gasteiger partial charge on any atom is 0.338 e. The molecular formula is C21H15FO4. The van der Waals surface area contributed by atoms with Gasteiger partial charge in [0.1, 0.15) is 5.75 Å². The van der Waals surface area contributed by atoms with Crippen molar-refractivity contribution < 1.29 is 23.5 Å². The van der Waals surface area contributed by atoms with Crippen molar-refractivity contribution in [2.24, 2.45) is 0 Å². The molecule has 0 aliphatic rings. The van der Waals surface area contributed by atoms with Crippen LogP contribution in [0.3, 0.4) is 0 Å². The molecule has 0 heterocycles. The SMILES string of the molecule is C=CC(=O)Oc1ccc2c(ccc3cc(OC(=O)C(=C)C)ccc32)c1F. The number of benzene rings is 3. The second-order valence-corrected chi connectivity index (χ2v) is 5.72. The normalized spacial score (nSPS) is 10.5. The van der Waals surface area contributed by atoms with Crippen molar-refractivity contribution in [1.29, 1.82) is 0 Å². The number of fused-ring (bicyclic) bond motifs is 3. The van der Waals surface area contributed by atoms with Gasteiger partial charge >= 0.3 is 11.9 Å². The monoisotopic (exact) mass is 350 g/mol. The van der Waals surface area contributed by atoms with Gasteiger partial charge in [0.25, 0.3) is 0 Å². The standard InChI is InChI=1S/C21H15FO4/c1-4-19(23)26-18-10-9-16-15-8-6-14(25-21(24)12(2)3)11-13(15)5-7-17(16)20(18)22/h4-11H,1-2H2,3H3. The first-order valence-electron chi connectivity index (χ1n) is 7.77. The maximum atomic E-state index is 14.6. The molecule has 3 aromatic rings. The second kappa shape index (κ2) is 6.80. The molecule has 3 rings (SSSR count). The molecule has 0 aromatic heterocycles. The Morgan fingerprint density at radius 2 is 1.69 bits per heavy atom. The minimum Gasteiger partial charge on any atom is -0.423 e. The summed E-state index contributed by atoms with van der Waals surface area (Å²) in [5.74, 6) is -1.65. The lowest BCUT2D eigenvalue weighted by Gasteiger charge is -2.10. The zero-order valence-corrected chi connectivity index (χ0v) is 14.0. The number of hydrogen-bond donors (Lipinski definition) is 0. The molecule has 0 saturated carbocycles. The third-order valence-electron chi connectivity index (χ3n) is 3.82. The first kappa shape index (κ1) is 17.4. The number of esters is 2. The molecule has 130 valence electrons. The van der Waals surface area contributed by atoms with Crippen LogP contribution in [0.4, 0.5) is 4.39 Å². The Morgan fingerprint density at radius 1 is 1.00 bits per heavy atom. The average molecular weight is 350 g/mol. The van der Waals surface area contributed by atoms with Crippen molar-refractivity contribution in [3.63, 3.8) is 0 Å². The van der Waals surface area contributed by atoms with Crippen molar-refractivity contribution in [2.75, 3.05) is 0 Å². The molecule has 0 aliphatic heterocycles. The molecule has 0 radical (unpaired) electrons. The van der Waals surface area contributed by atoms with E-state index in [-0.39, 0.29) is 5.75 Å². The van der Waals surface area contributed by atoms with Crippen LogP contribution < -0.4 is 9.47 Å². The van der Waals surface area contributed by atoms with E-state index < -0.39 is 17.8 Å². The van der Waals surface area contributed by atoms with Crippen LogP contribution in [-0.2, 0) is 9.59 Å². The van der Waals surface area contributed by atoms with E-state index in [0.717, 1.165) is 16.8 Å². The lowest BCUT2D eigenvalue weighted by atomic mass is 10.0. The van der Waals surface area contributed by atoms with Crippen LogP contribution in [-0.4, -0.2) is 11.9 Å². The summed E-state index contributed by atoms with van der Waals surface area (Å²) >= 11 is 0. The number of hydrogen-bond acceptors (Lipinski definition) is 4. The van der Waals surface area contributed by atoms with Crippen molar-refractivity contribution in [2.45, 2.75) is 6.92 Å². The summed E-state index contributed by atoms with van der Waals surface area (Å²) < 4.78 is 24.8. The van der Waals surface area contributed by atoms with E-state index >= 15 is 0 Å². The van der Waals surface area contributed by atoms with Gasteiger partial charge in [-0.15, -0.1) is 0 Å². The molecule has 5 heteroatoms. The number of carbonyl (C=O) groups is 2. The van der Waals surface area contributed by atoms with Crippen molar-refractivity contribution in [3.05, 3.63) is 73.1 Å². The highest BCUT2D eigenvalue weighted by molar-refractivity contribution is 6.08. The summed E-state index contributed by atoms with van der Waals surface area (Å²) in [6.07, 6.45) is 0.970. The first-order chi connectivity index (χ1) is 12.4. The number of ether oxygens (including phenoxy) is 2. The molecule has 0 amide bonds. The van der Waals surface area contributed by atoms with Gasteiger partial charge in [-0.1, -0.05) is 31.4 Å². The Balaban J connectivity index is 2.07. The third-order valence-corrected chi connectivity index (χ3v) is 3.82. The van der Waals surface area contributed by atoms with Gasteiger partial charge in [0.2, 0.25) is 0 Å². The molecule has 0 spiro atoms. The summed E-state index contributed by atoms with van der Waals surface area (Å²) in [6.45, 7) is 8.40. The largest absolute Gasteiger partial charge is 0.423 e. The van der Waals surface area contributed by atoms with Crippen molar-refractivity contribution >= 4 is 33.5 Å². The van der Waals surface area contributed by atoms with Crippen LogP contribution in [0.25, 0.3) is 21.5 Å². The maximum absolute atomic E-state index is 14.6. The molecule has 0 aliphatic carbocycles. The molecule has 0 saturated heterocycles. The molecule has 3 aromatic carbocycles. The topological polar surface area (TPSA) is 52.6 Å². The Morgan fingerprint density at radius 3 is 2.38 bits per heavy atom. The lowest BCUT2D eigenvalue weighted by molar-refractivity contribution is -0.130. The van der Waals surface area contributed by atoms with Gasteiger partial charge in [-0.3, -0.25) is 0 Å². The molecule has 26 heavy (non-hydrogen) atoms. The van der Waals surface area contributed by atoms with E-state index in [1.165, 1.54) is 6.07 Å². The fraction of sp³-hybridized carbons (Fsp3) is 0.0476.